The smallest absolute Gasteiger partial charge is 0.0406 e. The summed E-state index contributed by atoms with van der Waals surface area (Å²) in [6, 6.07) is 8.09. The van der Waals surface area contributed by atoms with Crippen molar-refractivity contribution in [1.29, 1.82) is 0 Å². The van der Waals surface area contributed by atoms with Gasteiger partial charge in [0.1, 0.15) is 0 Å². The van der Waals surface area contributed by atoms with Crippen molar-refractivity contribution < 1.29 is 0 Å². The maximum Gasteiger partial charge on any atom is 0.0406 e. The lowest BCUT2D eigenvalue weighted by atomic mass is 10.1. The molecule has 0 saturated heterocycles. The van der Waals surface area contributed by atoms with E-state index in [1.165, 1.54) is 12.0 Å². The first-order chi connectivity index (χ1) is 7.72. The molecule has 0 aromatic heterocycles. The highest BCUT2D eigenvalue weighted by molar-refractivity contribution is 6.30. The zero-order chi connectivity index (χ0) is 11.8. The van der Waals surface area contributed by atoms with Crippen LogP contribution >= 0.6 is 11.6 Å². The molecule has 16 heavy (non-hydrogen) atoms. The van der Waals surface area contributed by atoms with Gasteiger partial charge >= 0.3 is 0 Å². The summed E-state index contributed by atoms with van der Waals surface area (Å²) in [6.45, 7) is 3.02. The molecular formula is C13H21ClN2. The molecular weight excluding hydrogens is 220 g/mol. The maximum atomic E-state index is 5.84. The summed E-state index contributed by atoms with van der Waals surface area (Å²) in [7, 11) is 2.16. The predicted molar refractivity (Wildman–Crippen MR) is 70.9 cm³/mol. The number of hydrogen-bond acceptors (Lipinski definition) is 2. The Bertz CT molecular complexity index is 284. The molecule has 0 aliphatic heterocycles. The van der Waals surface area contributed by atoms with Crippen molar-refractivity contribution in [1.82, 2.24) is 4.90 Å². The summed E-state index contributed by atoms with van der Waals surface area (Å²) >= 11 is 5.84. The van der Waals surface area contributed by atoms with Crippen molar-refractivity contribution in [2.24, 2.45) is 5.73 Å². The topological polar surface area (TPSA) is 29.3 Å². The number of unbranched alkanes of at least 4 members (excludes halogenated alkanes) is 1. The third kappa shape index (κ3) is 5.50. The number of halogens is 1. The number of nitrogens with two attached hydrogens (primary N) is 1. The molecule has 0 aliphatic carbocycles. The van der Waals surface area contributed by atoms with Crippen LogP contribution in [0.3, 0.4) is 0 Å². The van der Waals surface area contributed by atoms with Gasteiger partial charge in [-0.05, 0) is 57.1 Å². The van der Waals surface area contributed by atoms with E-state index in [1.54, 1.807) is 0 Å². The van der Waals surface area contributed by atoms with E-state index in [4.69, 9.17) is 17.3 Å². The standard InChI is InChI=1S/C13H21ClN2/c1-16(10-3-2-9-15)11-8-12-4-6-13(14)7-5-12/h4-7H,2-3,8-11,15H2,1H3. The number of benzene rings is 1. The van der Waals surface area contributed by atoms with Crippen LogP contribution in [0.1, 0.15) is 18.4 Å². The highest BCUT2D eigenvalue weighted by Gasteiger charge is 1.99. The molecule has 0 radical (unpaired) electrons. The molecule has 0 bridgehead atoms. The Labute approximate surface area is 103 Å². The van der Waals surface area contributed by atoms with Crippen molar-refractivity contribution in [3.63, 3.8) is 0 Å². The second-order valence-electron chi connectivity index (χ2n) is 4.18. The van der Waals surface area contributed by atoms with Crippen LogP contribution in [0.5, 0.6) is 0 Å². The van der Waals surface area contributed by atoms with Crippen molar-refractivity contribution in [2.45, 2.75) is 19.3 Å². The van der Waals surface area contributed by atoms with Crippen LogP contribution in [-0.2, 0) is 6.42 Å². The minimum Gasteiger partial charge on any atom is -0.330 e. The van der Waals surface area contributed by atoms with E-state index in [9.17, 15) is 0 Å². The predicted octanol–water partition coefficient (Wildman–Crippen LogP) is 2.55. The molecule has 0 amide bonds. The molecule has 1 aromatic carbocycles. The second-order valence-corrected chi connectivity index (χ2v) is 4.61. The van der Waals surface area contributed by atoms with Gasteiger partial charge < -0.3 is 10.6 Å². The highest BCUT2D eigenvalue weighted by Crippen LogP contribution is 2.10. The summed E-state index contributed by atoms with van der Waals surface area (Å²) < 4.78 is 0. The fourth-order valence-corrected chi connectivity index (χ4v) is 1.73. The average Bonchev–Trinajstić information content (AvgIpc) is 2.29. The zero-order valence-electron chi connectivity index (χ0n) is 9.95. The molecule has 2 N–H and O–H groups in total. The van der Waals surface area contributed by atoms with E-state index in [0.29, 0.717) is 0 Å². The summed E-state index contributed by atoms with van der Waals surface area (Å²) in [5.74, 6) is 0. The molecule has 0 heterocycles. The summed E-state index contributed by atoms with van der Waals surface area (Å²) in [4.78, 5) is 2.35. The molecule has 0 fully saturated rings. The van der Waals surface area contributed by atoms with Crippen LogP contribution in [0.2, 0.25) is 5.02 Å². The van der Waals surface area contributed by atoms with E-state index in [0.717, 1.165) is 37.5 Å². The highest BCUT2D eigenvalue weighted by atomic mass is 35.5. The Kier molecular flexibility index (Phi) is 6.46. The normalized spacial score (nSPS) is 11.0. The van der Waals surface area contributed by atoms with Gasteiger partial charge in [-0.15, -0.1) is 0 Å². The van der Waals surface area contributed by atoms with Gasteiger partial charge in [-0.2, -0.15) is 0 Å². The first-order valence-electron chi connectivity index (χ1n) is 5.85. The van der Waals surface area contributed by atoms with E-state index in [-0.39, 0.29) is 0 Å². The molecule has 0 atom stereocenters. The molecule has 90 valence electrons. The van der Waals surface area contributed by atoms with Gasteiger partial charge in [-0.25, -0.2) is 0 Å². The average molecular weight is 241 g/mol. The van der Waals surface area contributed by atoms with Gasteiger partial charge in [0.05, 0.1) is 0 Å². The monoisotopic (exact) mass is 240 g/mol. The van der Waals surface area contributed by atoms with E-state index in [1.807, 2.05) is 12.1 Å². The lowest BCUT2D eigenvalue weighted by Crippen LogP contribution is -2.22. The number of likely N-dealkylation sites (N-methyl/N-ethyl adjacent to an activating group) is 1. The molecule has 1 aromatic rings. The van der Waals surface area contributed by atoms with Gasteiger partial charge in [0.2, 0.25) is 0 Å². The Balaban J connectivity index is 2.20. The number of nitrogens with zero attached hydrogens (tertiary/aromatic N) is 1. The zero-order valence-corrected chi connectivity index (χ0v) is 10.7. The van der Waals surface area contributed by atoms with E-state index >= 15 is 0 Å². The number of hydrogen-bond donors (Lipinski definition) is 1. The molecule has 1 rings (SSSR count). The van der Waals surface area contributed by atoms with Gasteiger partial charge in [-0.3, -0.25) is 0 Å². The van der Waals surface area contributed by atoms with Gasteiger partial charge in [-0.1, -0.05) is 23.7 Å². The van der Waals surface area contributed by atoms with Gasteiger partial charge in [0.15, 0.2) is 0 Å². The minimum atomic E-state index is 0.797. The lowest BCUT2D eigenvalue weighted by molar-refractivity contribution is 0.331. The largest absolute Gasteiger partial charge is 0.330 e. The first-order valence-corrected chi connectivity index (χ1v) is 6.23. The molecule has 0 aliphatic rings. The summed E-state index contributed by atoms with van der Waals surface area (Å²) in [6.07, 6.45) is 3.38. The Morgan fingerprint density at radius 1 is 1.12 bits per heavy atom. The van der Waals surface area contributed by atoms with Crippen molar-refractivity contribution in [3.8, 4) is 0 Å². The molecule has 2 nitrogen and oxygen atoms in total. The SMILES string of the molecule is CN(CCCCN)CCc1ccc(Cl)cc1. The van der Waals surface area contributed by atoms with Crippen molar-refractivity contribution in [3.05, 3.63) is 34.9 Å². The first kappa shape index (κ1) is 13.5. The summed E-state index contributed by atoms with van der Waals surface area (Å²) in [5, 5.41) is 0.806. The quantitative estimate of drug-likeness (QED) is 0.743. The molecule has 0 spiro atoms. The molecule has 0 saturated carbocycles. The lowest BCUT2D eigenvalue weighted by Gasteiger charge is -2.16. The van der Waals surface area contributed by atoms with Crippen LogP contribution in [-0.4, -0.2) is 31.6 Å². The maximum absolute atomic E-state index is 5.84. The fourth-order valence-electron chi connectivity index (χ4n) is 1.61. The number of rotatable bonds is 7. The van der Waals surface area contributed by atoms with Crippen molar-refractivity contribution >= 4 is 11.6 Å². The van der Waals surface area contributed by atoms with Crippen LogP contribution in [0, 0.1) is 0 Å². The fraction of sp³-hybridized carbons (Fsp3) is 0.538. The van der Waals surface area contributed by atoms with Crippen molar-refractivity contribution in [2.75, 3.05) is 26.7 Å². The Morgan fingerprint density at radius 3 is 2.44 bits per heavy atom. The van der Waals surface area contributed by atoms with Gasteiger partial charge in [0, 0.05) is 11.6 Å². The van der Waals surface area contributed by atoms with Crippen LogP contribution < -0.4 is 5.73 Å². The third-order valence-corrected chi connectivity index (χ3v) is 2.94. The molecule has 3 heteroatoms. The van der Waals surface area contributed by atoms with E-state index in [2.05, 4.69) is 24.1 Å². The van der Waals surface area contributed by atoms with E-state index < -0.39 is 0 Å². The third-order valence-electron chi connectivity index (χ3n) is 2.69. The minimum absolute atomic E-state index is 0.797. The Hall–Kier alpha value is -0.570. The molecule has 0 unspecified atom stereocenters. The van der Waals surface area contributed by atoms with Crippen LogP contribution in [0.25, 0.3) is 0 Å². The summed E-state index contributed by atoms with van der Waals surface area (Å²) in [5.41, 5.74) is 6.81. The second kappa shape index (κ2) is 7.66. The van der Waals surface area contributed by atoms with Gasteiger partial charge in [0.25, 0.3) is 0 Å². The Morgan fingerprint density at radius 2 is 1.81 bits per heavy atom. The van der Waals surface area contributed by atoms with Crippen LogP contribution in [0.4, 0.5) is 0 Å². The van der Waals surface area contributed by atoms with Crippen LogP contribution in [0.15, 0.2) is 24.3 Å².